The second-order valence-electron chi connectivity index (χ2n) is 11.0. The minimum Gasteiger partial charge on any atom is -0.508 e. The van der Waals surface area contributed by atoms with Gasteiger partial charge in [0.05, 0.1) is 11.8 Å². The minimum absolute atomic E-state index is 0.0821. The maximum atomic E-state index is 10.7. The summed E-state index contributed by atoms with van der Waals surface area (Å²) in [5, 5.41) is 21.4. The highest BCUT2D eigenvalue weighted by molar-refractivity contribution is 7.15. The molecular weight excluding hydrogens is 390 g/mol. The van der Waals surface area contributed by atoms with Crippen LogP contribution in [0.1, 0.15) is 75.3 Å². The number of aromatic hydroxyl groups is 1. The van der Waals surface area contributed by atoms with E-state index in [1.54, 1.807) is 17.0 Å². The predicted octanol–water partition coefficient (Wildman–Crippen LogP) is 6.15. The van der Waals surface area contributed by atoms with Crippen molar-refractivity contribution >= 4 is 11.3 Å². The number of hydrogen-bond donors (Lipinski definition) is 2. The predicted molar refractivity (Wildman–Crippen MR) is 121 cm³/mol. The number of nitrogens with zero attached hydrogens (tertiary/aromatic N) is 1. The van der Waals surface area contributed by atoms with Crippen molar-refractivity contribution in [3.63, 3.8) is 0 Å². The van der Waals surface area contributed by atoms with Gasteiger partial charge in [-0.05, 0) is 104 Å². The Bertz CT molecular complexity index is 968. The Labute approximate surface area is 183 Å². The van der Waals surface area contributed by atoms with Crippen LogP contribution < -0.4 is 0 Å². The second kappa shape index (κ2) is 6.56. The van der Waals surface area contributed by atoms with Gasteiger partial charge in [0.2, 0.25) is 0 Å². The number of fused-ring (bicyclic) bond motifs is 7. The fourth-order valence-corrected chi connectivity index (χ4v) is 9.56. The van der Waals surface area contributed by atoms with Gasteiger partial charge in [-0.2, -0.15) is 0 Å². The first-order chi connectivity index (χ1) is 14.4. The highest BCUT2D eigenvalue weighted by Crippen LogP contribution is 2.68. The van der Waals surface area contributed by atoms with Crippen LogP contribution in [0, 0.1) is 28.6 Å². The van der Waals surface area contributed by atoms with Crippen molar-refractivity contribution in [1.82, 2.24) is 4.98 Å². The molecule has 3 fully saturated rings. The zero-order chi connectivity index (χ0) is 20.7. The van der Waals surface area contributed by atoms with Gasteiger partial charge in [0.15, 0.2) is 0 Å². The third-order valence-corrected chi connectivity index (χ3v) is 11.1. The van der Waals surface area contributed by atoms with E-state index in [-0.39, 0.29) is 11.5 Å². The van der Waals surface area contributed by atoms with E-state index in [4.69, 9.17) is 4.98 Å². The van der Waals surface area contributed by atoms with Gasteiger partial charge in [-0.25, -0.2) is 4.98 Å². The number of thiazole rings is 1. The summed E-state index contributed by atoms with van der Waals surface area (Å²) in [5.41, 5.74) is 3.00. The number of benzene rings is 1. The van der Waals surface area contributed by atoms with Gasteiger partial charge in [0, 0.05) is 16.4 Å². The molecule has 0 aliphatic heterocycles. The van der Waals surface area contributed by atoms with Gasteiger partial charge >= 0.3 is 0 Å². The molecule has 7 atom stereocenters. The normalized spacial score (nSPS) is 42.2. The van der Waals surface area contributed by atoms with Crippen LogP contribution in [0.25, 0.3) is 10.6 Å². The molecule has 3 nitrogen and oxygen atoms in total. The molecule has 160 valence electrons. The first-order valence-electron chi connectivity index (χ1n) is 11.9. The smallest absolute Gasteiger partial charge is 0.123 e. The van der Waals surface area contributed by atoms with Gasteiger partial charge < -0.3 is 10.2 Å². The minimum atomic E-state index is -0.0821. The summed E-state index contributed by atoms with van der Waals surface area (Å²) in [6, 6.07) is 7.51. The van der Waals surface area contributed by atoms with Crippen molar-refractivity contribution < 1.29 is 10.2 Å². The lowest BCUT2D eigenvalue weighted by Gasteiger charge is -2.59. The molecule has 1 aromatic carbocycles. The van der Waals surface area contributed by atoms with Gasteiger partial charge in [0.25, 0.3) is 0 Å². The van der Waals surface area contributed by atoms with Crippen LogP contribution in [0.5, 0.6) is 5.75 Å². The molecule has 3 saturated carbocycles. The SMILES string of the molecule is C[C@]12CCc3nc(-c4ccc(O)cc4)sc3[C@@H]1CC[C@@H]1[C@@H]2CC[C@]2(C)[C@@H](O)CC[C@@H]12. The van der Waals surface area contributed by atoms with Crippen LogP contribution >= 0.6 is 11.3 Å². The third kappa shape index (κ3) is 2.56. The van der Waals surface area contributed by atoms with E-state index >= 15 is 0 Å². The van der Waals surface area contributed by atoms with E-state index in [9.17, 15) is 10.2 Å². The van der Waals surface area contributed by atoms with Crippen molar-refractivity contribution in [3.05, 3.63) is 34.8 Å². The molecule has 0 amide bonds. The van der Waals surface area contributed by atoms with Crippen molar-refractivity contribution in [2.45, 2.75) is 77.2 Å². The number of phenols is 1. The Kier molecular flexibility index (Phi) is 4.22. The van der Waals surface area contributed by atoms with Gasteiger partial charge in [-0.3, -0.25) is 0 Å². The maximum absolute atomic E-state index is 10.7. The quantitative estimate of drug-likeness (QED) is 0.578. The van der Waals surface area contributed by atoms with Crippen LogP contribution in [0.3, 0.4) is 0 Å². The first-order valence-corrected chi connectivity index (χ1v) is 12.7. The largest absolute Gasteiger partial charge is 0.508 e. The Hall–Kier alpha value is -1.39. The van der Waals surface area contributed by atoms with Crippen LogP contribution in [0.4, 0.5) is 0 Å². The highest BCUT2D eigenvalue weighted by Gasteiger charge is 2.60. The molecule has 0 saturated heterocycles. The lowest BCUT2D eigenvalue weighted by atomic mass is 9.45. The van der Waals surface area contributed by atoms with E-state index in [2.05, 4.69) is 13.8 Å². The van der Waals surface area contributed by atoms with E-state index in [1.165, 1.54) is 44.2 Å². The van der Waals surface area contributed by atoms with Crippen molar-refractivity contribution in [1.29, 1.82) is 0 Å². The Balaban J connectivity index is 1.33. The Morgan fingerprint density at radius 2 is 1.70 bits per heavy atom. The molecule has 2 N–H and O–H groups in total. The van der Waals surface area contributed by atoms with Crippen LogP contribution in [0.2, 0.25) is 0 Å². The summed E-state index contributed by atoms with van der Waals surface area (Å²) in [4.78, 5) is 6.60. The zero-order valence-electron chi connectivity index (χ0n) is 18.1. The molecule has 6 rings (SSSR count). The van der Waals surface area contributed by atoms with Gasteiger partial charge in [-0.15, -0.1) is 11.3 Å². The van der Waals surface area contributed by atoms with Crippen molar-refractivity contribution in [3.8, 4) is 16.3 Å². The summed E-state index contributed by atoms with van der Waals surface area (Å²) < 4.78 is 0. The van der Waals surface area contributed by atoms with Crippen molar-refractivity contribution in [2.75, 3.05) is 0 Å². The van der Waals surface area contributed by atoms with Gasteiger partial charge in [0.1, 0.15) is 10.8 Å². The molecule has 0 unspecified atom stereocenters. The molecule has 30 heavy (non-hydrogen) atoms. The fraction of sp³-hybridized carbons (Fsp3) is 0.654. The van der Waals surface area contributed by atoms with E-state index in [1.807, 2.05) is 23.5 Å². The Morgan fingerprint density at radius 1 is 0.933 bits per heavy atom. The molecule has 1 heterocycles. The highest BCUT2D eigenvalue weighted by atomic mass is 32.1. The standard InChI is InChI=1S/C26H33NO2S/c1-25-14-12-21-23(30-24(27-21)15-3-5-16(28)6-4-15)20(25)8-7-17-18-9-10-22(29)26(18,2)13-11-19(17)25/h3-6,17-20,22,28-29H,7-14H2,1-2H3/t17-,18-,19-,20-,22-,25+,26-/m0/s1. The van der Waals surface area contributed by atoms with E-state index in [0.717, 1.165) is 41.2 Å². The van der Waals surface area contributed by atoms with Crippen molar-refractivity contribution in [2.24, 2.45) is 28.6 Å². The average molecular weight is 424 g/mol. The number of rotatable bonds is 1. The summed E-state index contributed by atoms with van der Waals surface area (Å²) in [7, 11) is 0. The van der Waals surface area contributed by atoms with Gasteiger partial charge in [-0.1, -0.05) is 13.8 Å². The monoisotopic (exact) mass is 423 g/mol. The summed E-state index contributed by atoms with van der Waals surface area (Å²) >= 11 is 1.90. The third-order valence-electron chi connectivity index (χ3n) is 9.88. The van der Waals surface area contributed by atoms with Crippen LogP contribution in [-0.4, -0.2) is 21.3 Å². The number of hydrogen-bond acceptors (Lipinski definition) is 4. The second-order valence-corrected chi connectivity index (χ2v) is 12.1. The summed E-state index contributed by atoms with van der Waals surface area (Å²) in [6.07, 6.45) is 9.63. The molecular formula is C26H33NO2S. The Morgan fingerprint density at radius 3 is 2.50 bits per heavy atom. The number of phenolic OH excluding ortho intramolecular Hbond substituents is 1. The zero-order valence-corrected chi connectivity index (χ0v) is 18.9. The molecule has 4 heteroatoms. The number of aromatic nitrogens is 1. The lowest BCUT2D eigenvalue weighted by molar-refractivity contribution is -0.0985. The van der Waals surface area contributed by atoms with Crippen LogP contribution in [0.15, 0.2) is 24.3 Å². The molecule has 4 aliphatic rings. The molecule has 1 aromatic heterocycles. The molecule has 4 aliphatic carbocycles. The lowest BCUT2D eigenvalue weighted by Crippen LogP contribution is -2.52. The summed E-state index contributed by atoms with van der Waals surface area (Å²) in [6.45, 7) is 4.97. The summed E-state index contributed by atoms with van der Waals surface area (Å²) in [5.74, 6) is 3.27. The molecule has 0 radical (unpaired) electrons. The number of aliphatic hydroxyl groups is 1. The van der Waals surface area contributed by atoms with E-state index < -0.39 is 0 Å². The average Bonchev–Trinajstić information content (AvgIpc) is 3.29. The number of aliphatic hydroxyl groups excluding tert-OH is 1. The maximum Gasteiger partial charge on any atom is 0.123 e. The topological polar surface area (TPSA) is 53.4 Å². The number of aryl methyl sites for hydroxylation is 1. The van der Waals surface area contributed by atoms with E-state index in [0.29, 0.717) is 17.1 Å². The molecule has 2 aromatic rings. The fourth-order valence-electron chi connectivity index (χ4n) is 8.15. The molecule has 0 bridgehead atoms. The molecule has 0 spiro atoms. The van der Waals surface area contributed by atoms with Crippen LogP contribution in [-0.2, 0) is 6.42 Å². The first kappa shape index (κ1) is 19.3.